The lowest BCUT2D eigenvalue weighted by Crippen LogP contribution is -2.27. The molecule has 0 aliphatic rings. The third-order valence-electron chi connectivity index (χ3n) is 2.48. The second kappa shape index (κ2) is 6.54. The lowest BCUT2D eigenvalue weighted by molar-refractivity contribution is 0.148. The molecular weight excluding hydrogens is 301 g/mol. The number of halogens is 2. The van der Waals surface area contributed by atoms with Gasteiger partial charge in [0.05, 0.1) is 0 Å². The number of ether oxygens (including phenoxy) is 1. The molecule has 1 heterocycles. The maximum atomic E-state index is 11.9. The lowest BCUT2D eigenvalue weighted by Gasteiger charge is -2.16. The van der Waals surface area contributed by atoms with Gasteiger partial charge in [0.1, 0.15) is 17.6 Å². The van der Waals surface area contributed by atoms with Crippen LogP contribution in [-0.4, -0.2) is 23.1 Å². The summed E-state index contributed by atoms with van der Waals surface area (Å²) < 4.78 is 5.16. The van der Waals surface area contributed by atoms with Gasteiger partial charge in [0.15, 0.2) is 0 Å². The second-order valence-corrected chi connectivity index (χ2v) is 4.64. The molecule has 0 saturated carbocycles. The molecule has 1 amide bonds. The number of nitrogens with zero attached hydrogens (tertiary/aromatic N) is 3. The zero-order valence-corrected chi connectivity index (χ0v) is 12.1. The van der Waals surface area contributed by atoms with Crippen LogP contribution in [0.3, 0.4) is 0 Å². The molecule has 5 nitrogen and oxygen atoms in total. The normalized spacial score (nSPS) is 10.2. The van der Waals surface area contributed by atoms with Crippen LogP contribution < -0.4 is 4.90 Å². The predicted molar refractivity (Wildman–Crippen MR) is 77.1 cm³/mol. The number of hydrogen-bond acceptors (Lipinski definition) is 4. The number of amides is 1. The van der Waals surface area contributed by atoms with Gasteiger partial charge in [-0.2, -0.15) is 4.98 Å². The Hall–Kier alpha value is -1.85. The fourth-order valence-electron chi connectivity index (χ4n) is 1.46. The third-order valence-corrected chi connectivity index (χ3v) is 2.84. The van der Waals surface area contributed by atoms with Gasteiger partial charge < -0.3 is 4.74 Å². The van der Waals surface area contributed by atoms with Crippen LogP contribution in [0, 0.1) is 0 Å². The lowest BCUT2D eigenvalue weighted by atomic mass is 10.2. The van der Waals surface area contributed by atoms with Crippen molar-refractivity contribution in [3.63, 3.8) is 0 Å². The van der Waals surface area contributed by atoms with Crippen LogP contribution in [0.15, 0.2) is 36.4 Å². The van der Waals surface area contributed by atoms with Crippen molar-refractivity contribution in [1.29, 1.82) is 0 Å². The molecule has 104 valence electrons. The summed E-state index contributed by atoms with van der Waals surface area (Å²) in [5, 5.41) is 0.123. The summed E-state index contributed by atoms with van der Waals surface area (Å²) in [4.78, 5) is 20.7. The standard InChI is InChI=1S/C13H11Cl2N3O2/c1-18(11-7-10(14)16-12(15)17-11)13(19)20-8-9-5-3-2-4-6-9/h2-7H,8H2,1H3. The van der Waals surface area contributed by atoms with Gasteiger partial charge in [0, 0.05) is 13.1 Å². The highest BCUT2D eigenvalue weighted by molar-refractivity contribution is 6.32. The smallest absolute Gasteiger partial charge is 0.415 e. The molecule has 0 spiro atoms. The van der Waals surface area contributed by atoms with Crippen LogP contribution in [-0.2, 0) is 11.3 Å². The highest BCUT2D eigenvalue weighted by Gasteiger charge is 2.15. The zero-order chi connectivity index (χ0) is 14.5. The van der Waals surface area contributed by atoms with Crippen LogP contribution in [0.5, 0.6) is 0 Å². The van der Waals surface area contributed by atoms with Crippen molar-refractivity contribution >= 4 is 35.1 Å². The zero-order valence-electron chi connectivity index (χ0n) is 10.6. The van der Waals surface area contributed by atoms with Crippen molar-refractivity contribution in [2.75, 3.05) is 11.9 Å². The first-order valence-corrected chi connectivity index (χ1v) is 6.46. The monoisotopic (exact) mass is 311 g/mol. The Balaban J connectivity index is 2.01. The van der Waals surface area contributed by atoms with E-state index in [1.54, 1.807) is 0 Å². The number of carbonyl (C=O) groups is 1. The molecule has 0 bridgehead atoms. The summed E-state index contributed by atoms with van der Waals surface area (Å²) in [6, 6.07) is 10.8. The van der Waals surface area contributed by atoms with Crippen molar-refractivity contribution in [2.45, 2.75) is 6.61 Å². The quantitative estimate of drug-likeness (QED) is 0.642. The van der Waals surface area contributed by atoms with Gasteiger partial charge in [-0.3, -0.25) is 4.90 Å². The van der Waals surface area contributed by atoms with Crippen LogP contribution in [0.1, 0.15) is 5.56 Å². The van der Waals surface area contributed by atoms with Crippen LogP contribution in [0.4, 0.5) is 10.6 Å². The molecule has 0 aliphatic carbocycles. The van der Waals surface area contributed by atoms with E-state index in [1.165, 1.54) is 18.0 Å². The first kappa shape index (κ1) is 14.6. The Labute approximate surface area is 126 Å². The first-order chi connectivity index (χ1) is 9.56. The van der Waals surface area contributed by atoms with Gasteiger partial charge in [-0.25, -0.2) is 9.78 Å². The van der Waals surface area contributed by atoms with Gasteiger partial charge in [-0.15, -0.1) is 0 Å². The molecule has 0 N–H and O–H groups in total. The molecule has 1 aromatic heterocycles. The molecule has 0 aliphatic heterocycles. The molecular formula is C13H11Cl2N3O2. The number of rotatable bonds is 3. The topological polar surface area (TPSA) is 55.3 Å². The number of anilines is 1. The number of aromatic nitrogens is 2. The molecule has 7 heteroatoms. The molecule has 20 heavy (non-hydrogen) atoms. The molecule has 0 saturated heterocycles. The first-order valence-electron chi connectivity index (χ1n) is 5.71. The Morgan fingerprint density at radius 1 is 1.25 bits per heavy atom. The van der Waals surface area contributed by atoms with E-state index in [1.807, 2.05) is 30.3 Å². The van der Waals surface area contributed by atoms with Gasteiger partial charge in [-0.1, -0.05) is 41.9 Å². The second-order valence-electron chi connectivity index (χ2n) is 3.92. The number of carbonyl (C=O) groups excluding carboxylic acids is 1. The van der Waals surface area contributed by atoms with Gasteiger partial charge in [0.2, 0.25) is 5.28 Å². The largest absolute Gasteiger partial charge is 0.444 e. The molecule has 0 radical (unpaired) electrons. The van der Waals surface area contributed by atoms with Crippen molar-refractivity contribution < 1.29 is 9.53 Å². The minimum Gasteiger partial charge on any atom is -0.444 e. The molecule has 2 rings (SSSR count). The maximum Gasteiger partial charge on any atom is 0.415 e. The van der Waals surface area contributed by atoms with E-state index in [0.29, 0.717) is 0 Å². The van der Waals surface area contributed by atoms with Crippen molar-refractivity contribution in [3.05, 3.63) is 52.4 Å². The third kappa shape index (κ3) is 3.82. The average Bonchev–Trinajstić information content (AvgIpc) is 2.44. The van der Waals surface area contributed by atoms with E-state index in [9.17, 15) is 4.79 Å². The Morgan fingerprint density at radius 2 is 1.95 bits per heavy atom. The Kier molecular flexibility index (Phi) is 4.76. The van der Waals surface area contributed by atoms with Crippen LogP contribution in [0.25, 0.3) is 0 Å². The van der Waals surface area contributed by atoms with Crippen LogP contribution >= 0.6 is 23.2 Å². The van der Waals surface area contributed by atoms with Crippen molar-refractivity contribution in [2.24, 2.45) is 0 Å². The fourth-order valence-corrected chi connectivity index (χ4v) is 1.86. The molecule has 0 atom stereocenters. The van der Waals surface area contributed by atoms with Gasteiger partial charge >= 0.3 is 6.09 Å². The molecule has 1 aromatic carbocycles. The highest BCUT2D eigenvalue weighted by atomic mass is 35.5. The van der Waals surface area contributed by atoms with E-state index in [0.717, 1.165) is 5.56 Å². The fraction of sp³-hybridized carbons (Fsp3) is 0.154. The van der Waals surface area contributed by atoms with Gasteiger partial charge in [-0.05, 0) is 17.2 Å². The van der Waals surface area contributed by atoms with E-state index < -0.39 is 6.09 Å². The highest BCUT2D eigenvalue weighted by Crippen LogP contribution is 2.18. The summed E-state index contributed by atoms with van der Waals surface area (Å²) in [5.41, 5.74) is 0.896. The minimum atomic E-state index is -0.556. The summed E-state index contributed by atoms with van der Waals surface area (Å²) in [5.74, 6) is 0.271. The van der Waals surface area contributed by atoms with Crippen LogP contribution in [0.2, 0.25) is 10.4 Å². The average molecular weight is 312 g/mol. The number of hydrogen-bond donors (Lipinski definition) is 0. The Morgan fingerprint density at radius 3 is 2.60 bits per heavy atom. The van der Waals surface area contributed by atoms with Crippen molar-refractivity contribution in [1.82, 2.24) is 9.97 Å². The number of benzene rings is 1. The summed E-state index contributed by atoms with van der Waals surface area (Å²) >= 11 is 11.4. The molecule has 0 fully saturated rings. The van der Waals surface area contributed by atoms with E-state index in [2.05, 4.69) is 9.97 Å². The minimum absolute atomic E-state index is 0.0322. The summed E-state index contributed by atoms with van der Waals surface area (Å²) in [6.07, 6.45) is -0.556. The predicted octanol–water partition coefficient (Wildman–Crippen LogP) is 3.56. The van der Waals surface area contributed by atoms with E-state index in [4.69, 9.17) is 27.9 Å². The van der Waals surface area contributed by atoms with E-state index >= 15 is 0 Å². The van der Waals surface area contributed by atoms with Crippen molar-refractivity contribution in [3.8, 4) is 0 Å². The Bertz CT molecular complexity index is 588. The van der Waals surface area contributed by atoms with Gasteiger partial charge in [0.25, 0.3) is 0 Å². The molecule has 2 aromatic rings. The SMILES string of the molecule is CN(C(=O)OCc1ccccc1)c1cc(Cl)nc(Cl)n1. The molecule has 0 unspecified atom stereocenters. The van der Waals surface area contributed by atoms with E-state index in [-0.39, 0.29) is 22.9 Å². The maximum absolute atomic E-state index is 11.9. The summed E-state index contributed by atoms with van der Waals surface area (Å²) in [6.45, 7) is 0.177. The summed E-state index contributed by atoms with van der Waals surface area (Å²) in [7, 11) is 1.52.